The Labute approximate surface area is 114 Å². The van der Waals surface area contributed by atoms with E-state index in [9.17, 15) is 0 Å². The number of hydrogen-bond acceptors (Lipinski definition) is 3. The minimum Gasteiger partial charge on any atom is -0.327 e. The van der Waals surface area contributed by atoms with Crippen LogP contribution >= 0.6 is 0 Å². The van der Waals surface area contributed by atoms with Crippen molar-refractivity contribution in [3.63, 3.8) is 0 Å². The van der Waals surface area contributed by atoms with E-state index in [1.807, 2.05) is 25.1 Å². The molecule has 3 nitrogen and oxygen atoms in total. The van der Waals surface area contributed by atoms with Crippen molar-refractivity contribution >= 4 is 0 Å². The Kier molecular flexibility index (Phi) is 4.27. The minimum absolute atomic E-state index is 0.166. The van der Waals surface area contributed by atoms with Crippen LogP contribution in [0.4, 0.5) is 0 Å². The molecule has 3 heteroatoms. The summed E-state index contributed by atoms with van der Waals surface area (Å²) in [5.74, 6) is 0.802. The first-order chi connectivity index (χ1) is 9.10. The minimum atomic E-state index is 0.166. The molecular formula is C16H21N3. The molecule has 2 N–H and O–H groups in total. The van der Waals surface area contributed by atoms with Crippen molar-refractivity contribution in [2.45, 2.75) is 39.7 Å². The Balaban J connectivity index is 2.39. The molecule has 0 aliphatic rings. The summed E-state index contributed by atoms with van der Waals surface area (Å²) in [5, 5.41) is 0. The van der Waals surface area contributed by atoms with E-state index in [-0.39, 0.29) is 6.04 Å². The molecule has 0 amide bonds. The van der Waals surface area contributed by atoms with E-state index in [0.717, 1.165) is 35.6 Å². The zero-order chi connectivity index (χ0) is 13.8. The summed E-state index contributed by atoms with van der Waals surface area (Å²) in [4.78, 5) is 9.21. The van der Waals surface area contributed by atoms with Crippen molar-refractivity contribution in [2.24, 2.45) is 5.73 Å². The summed E-state index contributed by atoms with van der Waals surface area (Å²) < 4.78 is 0. The number of aromatic nitrogens is 2. The maximum absolute atomic E-state index is 6.01. The molecule has 0 fully saturated rings. The van der Waals surface area contributed by atoms with Gasteiger partial charge in [-0.25, -0.2) is 9.97 Å². The van der Waals surface area contributed by atoms with E-state index in [4.69, 9.17) is 5.73 Å². The van der Waals surface area contributed by atoms with Gasteiger partial charge in [0.1, 0.15) is 0 Å². The second-order valence-corrected chi connectivity index (χ2v) is 5.01. The highest BCUT2D eigenvalue weighted by molar-refractivity contribution is 5.59. The van der Waals surface area contributed by atoms with E-state index in [1.54, 1.807) is 0 Å². The normalized spacial score (nSPS) is 12.4. The van der Waals surface area contributed by atoms with Crippen molar-refractivity contribution in [3.8, 4) is 11.4 Å². The molecule has 2 rings (SSSR count). The summed E-state index contributed by atoms with van der Waals surface area (Å²) in [5.41, 5.74) is 10.3. The van der Waals surface area contributed by atoms with E-state index in [2.05, 4.69) is 35.9 Å². The number of nitrogens with two attached hydrogens (primary N) is 1. The van der Waals surface area contributed by atoms with E-state index in [0.29, 0.717) is 0 Å². The Bertz CT molecular complexity index is 564. The lowest BCUT2D eigenvalue weighted by atomic mass is 10.1. The second kappa shape index (κ2) is 5.93. The maximum atomic E-state index is 6.01. The fourth-order valence-electron chi connectivity index (χ4n) is 2.10. The van der Waals surface area contributed by atoms with Crippen LogP contribution in [-0.4, -0.2) is 16.0 Å². The zero-order valence-corrected chi connectivity index (χ0v) is 11.9. The third-order valence-corrected chi connectivity index (χ3v) is 3.29. The maximum Gasteiger partial charge on any atom is 0.159 e. The quantitative estimate of drug-likeness (QED) is 0.913. The molecule has 1 unspecified atom stereocenters. The van der Waals surface area contributed by atoms with Crippen LogP contribution in [0.15, 0.2) is 30.3 Å². The van der Waals surface area contributed by atoms with E-state index < -0.39 is 0 Å². The first kappa shape index (κ1) is 13.7. The van der Waals surface area contributed by atoms with Gasteiger partial charge in [-0.3, -0.25) is 0 Å². The Morgan fingerprint density at radius 3 is 2.58 bits per heavy atom. The number of aryl methyl sites for hydroxylation is 2. The standard InChI is InChI=1S/C16H21N3/c1-4-13(17)10-14-9-12(3)18-16(19-14)15-8-6-5-7-11(15)2/h5-9,13H,4,10,17H2,1-3H3. The fourth-order valence-corrected chi connectivity index (χ4v) is 2.10. The van der Waals surface area contributed by atoms with Crippen LogP contribution in [-0.2, 0) is 6.42 Å². The molecule has 0 radical (unpaired) electrons. The smallest absolute Gasteiger partial charge is 0.159 e. The largest absolute Gasteiger partial charge is 0.327 e. The van der Waals surface area contributed by atoms with Crippen molar-refractivity contribution in [1.82, 2.24) is 9.97 Å². The van der Waals surface area contributed by atoms with Gasteiger partial charge in [-0.15, -0.1) is 0 Å². The zero-order valence-electron chi connectivity index (χ0n) is 11.9. The Hall–Kier alpha value is -1.74. The molecule has 1 aromatic carbocycles. The van der Waals surface area contributed by atoms with Gasteiger partial charge in [-0.1, -0.05) is 31.2 Å². The molecular weight excluding hydrogens is 234 g/mol. The summed E-state index contributed by atoms with van der Waals surface area (Å²) in [6, 6.07) is 10.4. The van der Waals surface area contributed by atoms with Crippen molar-refractivity contribution < 1.29 is 0 Å². The molecule has 0 spiro atoms. The van der Waals surface area contributed by atoms with Crippen LogP contribution in [0.25, 0.3) is 11.4 Å². The molecule has 0 aliphatic heterocycles. The molecule has 1 atom stereocenters. The van der Waals surface area contributed by atoms with E-state index in [1.165, 1.54) is 5.56 Å². The predicted molar refractivity (Wildman–Crippen MR) is 78.9 cm³/mol. The van der Waals surface area contributed by atoms with Crippen LogP contribution in [0.2, 0.25) is 0 Å². The molecule has 0 saturated carbocycles. The first-order valence-corrected chi connectivity index (χ1v) is 6.76. The van der Waals surface area contributed by atoms with Gasteiger partial charge in [0.15, 0.2) is 5.82 Å². The average Bonchev–Trinajstić information content (AvgIpc) is 2.38. The summed E-state index contributed by atoms with van der Waals surface area (Å²) >= 11 is 0. The second-order valence-electron chi connectivity index (χ2n) is 5.01. The topological polar surface area (TPSA) is 51.8 Å². The molecule has 0 bridgehead atoms. The third kappa shape index (κ3) is 3.38. The van der Waals surface area contributed by atoms with Crippen molar-refractivity contribution in [1.29, 1.82) is 0 Å². The van der Waals surface area contributed by atoms with Crippen LogP contribution in [0.1, 0.15) is 30.3 Å². The Morgan fingerprint density at radius 1 is 1.16 bits per heavy atom. The third-order valence-electron chi connectivity index (χ3n) is 3.29. The first-order valence-electron chi connectivity index (χ1n) is 6.76. The van der Waals surface area contributed by atoms with Gasteiger partial charge in [0.25, 0.3) is 0 Å². The SMILES string of the molecule is CCC(N)Cc1cc(C)nc(-c2ccccc2C)n1. The molecule has 1 heterocycles. The summed E-state index contributed by atoms with van der Waals surface area (Å²) in [6.07, 6.45) is 1.77. The predicted octanol–water partition coefficient (Wildman–Crippen LogP) is 3.04. The average molecular weight is 255 g/mol. The highest BCUT2D eigenvalue weighted by atomic mass is 14.9. The van der Waals surface area contributed by atoms with E-state index >= 15 is 0 Å². The van der Waals surface area contributed by atoms with Crippen LogP contribution in [0, 0.1) is 13.8 Å². The molecule has 0 saturated heterocycles. The molecule has 19 heavy (non-hydrogen) atoms. The van der Waals surface area contributed by atoms with Gasteiger partial charge in [-0.2, -0.15) is 0 Å². The van der Waals surface area contributed by atoms with Crippen LogP contribution < -0.4 is 5.73 Å². The summed E-state index contributed by atoms with van der Waals surface area (Å²) in [7, 11) is 0. The Morgan fingerprint density at radius 2 is 1.89 bits per heavy atom. The number of hydrogen-bond donors (Lipinski definition) is 1. The lowest BCUT2D eigenvalue weighted by molar-refractivity contribution is 0.635. The van der Waals surface area contributed by atoms with Gasteiger partial charge >= 0.3 is 0 Å². The monoisotopic (exact) mass is 255 g/mol. The van der Waals surface area contributed by atoms with Crippen LogP contribution in [0.5, 0.6) is 0 Å². The number of nitrogens with zero attached hydrogens (tertiary/aromatic N) is 2. The molecule has 1 aromatic heterocycles. The lowest BCUT2D eigenvalue weighted by Crippen LogP contribution is -2.22. The van der Waals surface area contributed by atoms with Gasteiger partial charge in [-0.05, 0) is 31.9 Å². The van der Waals surface area contributed by atoms with Gasteiger partial charge < -0.3 is 5.73 Å². The highest BCUT2D eigenvalue weighted by Gasteiger charge is 2.09. The highest BCUT2D eigenvalue weighted by Crippen LogP contribution is 2.20. The van der Waals surface area contributed by atoms with Gasteiger partial charge in [0.05, 0.1) is 0 Å². The van der Waals surface area contributed by atoms with Crippen molar-refractivity contribution in [3.05, 3.63) is 47.3 Å². The van der Waals surface area contributed by atoms with Crippen LogP contribution in [0.3, 0.4) is 0 Å². The van der Waals surface area contributed by atoms with Gasteiger partial charge in [0.2, 0.25) is 0 Å². The molecule has 0 aliphatic carbocycles. The number of rotatable bonds is 4. The van der Waals surface area contributed by atoms with Crippen molar-refractivity contribution in [2.75, 3.05) is 0 Å². The summed E-state index contributed by atoms with van der Waals surface area (Å²) in [6.45, 7) is 6.18. The van der Waals surface area contributed by atoms with Gasteiger partial charge in [0, 0.05) is 29.4 Å². The molecule has 2 aromatic rings. The molecule has 100 valence electrons. The lowest BCUT2D eigenvalue weighted by Gasteiger charge is -2.11. The fraction of sp³-hybridized carbons (Fsp3) is 0.375. The number of benzene rings is 1.